The van der Waals surface area contributed by atoms with Gasteiger partial charge in [-0.05, 0) is 72.8 Å². The molecule has 0 bridgehead atoms. The Labute approximate surface area is 225 Å². The molecule has 0 radical (unpaired) electrons. The Hall–Kier alpha value is -4.88. The molecule has 0 atom stereocenters. The van der Waals surface area contributed by atoms with E-state index < -0.39 is 24.2 Å². The SMILES string of the molecule is [2H]c1c([2H])c([2H])c2c(-c3cccc4oc5cc6ccccc6cc5c34)c3c([2H])c([2H])c([2H])c([2H])c3c(-c3ccccc3)c2c1[2H]. The predicted octanol–water partition coefficient (Wildman–Crippen LogP) is 10.4. The molecule has 0 amide bonds. The lowest BCUT2D eigenvalue weighted by Crippen LogP contribution is -1.91. The van der Waals surface area contributed by atoms with Crippen LogP contribution in [0, 0.1) is 0 Å². The van der Waals surface area contributed by atoms with Gasteiger partial charge in [-0.15, -0.1) is 0 Å². The topological polar surface area (TPSA) is 13.1 Å². The van der Waals surface area contributed by atoms with Gasteiger partial charge in [-0.3, -0.25) is 0 Å². The molecule has 172 valence electrons. The number of fused-ring (bicyclic) bond motifs is 6. The van der Waals surface area contributed by atoms with Gasteiger partial charge in [0.2, 0.25) is 0 Å². The van der Waals surface area contributed by atoms with Gasteiger partial charge in [-0.1, -0.05) is 115 Å². The molecule has 1 nitrogen and oxygen atoms in total. The highest BCUT2D eigenvalue weighted by Gasteiger charge is 2.20. The third-order valence-electron chi connectivity index (χ3n) is 7.07. The molecule has 37 heavy (non-hydrogen) atoms. The maximum absolute atomic E-state index is 9.21. The first-order chi connectivity index (χ1) is 21.7. The Balaban J connectivity index is 1.71. The first kappa shape index (κ1) is 14.0. The number of furan rings is 1. The summed E-state index contributed by atoms with van der Waals surface area (Å²) in [5.74, 6) is 0. The van der Waals surface area contributed by atoms with E-state index in [2.05, 4.69) is 0 Å². The fourth-order valence-electron chi connectivity index (χ4n) is 5.51. The van der Waals surface area contributed by atoms with Gasteiger partial charge in [-0.2, -0.15) is 0 Å². The number of hydrogen-bond donors (Lipinski definition) is 0. The molecule has 1 heterocycles. The molecular weight excluding hydrogens is 448 g/mol. The number of benzene rings is 7. The number of hydrogen-bond acceptors (Lipinski definition) is 1. The third-order valence-corrected chi connectivity index (χ3v) is 7.07. The van der Waals surface area contributed by atoms with Crippen LogP contribution in [0.1, 0.15) is 11.0 Å². The summed E-state index contributed by atoms with van der Waals surface area (Å²) in [6, 6.07) is 23.5. The van der Waals surface area contributed by atoms with E-state index >= 15 is 0 Å². The lowest BCUT2D eigenvalue weighted by molar-refractivity contribution is 0.669. The van der Waals surface area contributed by atoms with Crippen LogP contribution in [0.5, 0.6) is 0 Å². The molecule has 0 spiro atoms. The maximum atomic E-state index is 9.21. The van der Waals surface area contributed by atoms with Gasteiger partial charge in [0.15, 0.2) is 0 Å². The minimum Gasteiger partial charge on any atom is -0.456 e. The van der Waals surface area contributed by atoms with Gasteiger partial charge in [0.1, 0.15) is 11.2 Å². The molecule has 0 aliphatic carbocycles. The van der Waals surface area contributed by atoms with E-state index in [0.717, 1.165) is 16.2 Å². The van der Waals surface area contributed by atoms with Gasteiger partial charge >= 0.3 is 0 Å². The molecule has 0 N–H and O–H groups in total. The van der Waals surface area contributed by atoms with Crippen LogP contribution in [0.25, 0.3) is 76.5 Å². The van der Waals surface area contributed by atoms with Crippen LogP contribution in [0.2, 0.25) is 0 Å². The summed E-state index contributed by atoms with van der Waals surface area (Å²) in [5, 5.41) is 4.20. The zero-order valence-corrected chi connectivity index (χ0v) is 19.5. The molecule has 0 aliphatic heterocycles. The Morgan fingerprint density at radius 2 is 1.08 bits per heavy atom. The molecule has 0 saturated heterocycles. The van der Waals surface area contributed by atoms with Crippen molar-refractivity contribution in [2.45, 2.75) is 0 Å². The van der Waals surface area contributed by atoms with E-state index in [-0.39, 0.29) is 45.7 Å². The average molecular weight is 479 g/mol. The standard InChI is InChI=1S/C36H22O/c1-2-11-23(12-3-1)34-26-15-6-8-17-28(26)35(29-18-9-7-16-27(29)34)30-19-10-20-32-36(30)31-21-24-13-4-5-14-25(24)22-33(31)37-32/h1-22H/i6D,7D,8D,9D,15D,16D,17D,18D. The van der Waals surface area contributed by atoms with Crippen LogP contribution in [-0.2, 0) is 0 Å². The molecule has 0 unspecified atom stereocenters. The molecule has 8 aromatic rings. The number of rotatable bonds is 2. The van der Waals surface area contributed by atoms with E-state index in [4.69, 9.17) is 12.6 Å². The summed E-state index contributed by atoms with van der Waals surface area (Å²) in [4.78, 5) is 0. The van der Waals surface area contributed by atoms with Crippen LogP contribution < -0.4 is 0 Å². The summed E-state index contributed by atoms with van der Waals surface area (Å²) in [6.07, 6.45) is 0. The van der Waals surface area contributed by atoms with Crippen molar-refractivity contribution < 1.29 is 15.4 Å². The van der Waals surface area contributed by atoms with Crippen LogP contribution in [0.3, 0.4) is 0 Å². The van der Waals surface area contributed by atoms with E-state index in [0.29, 0.717) is 38.8 Å². The average Bonchev–Trinajstić information content (AvgIpc) is 3.43. The Kier molecular flexibility index (Phi) is 2.96. The lowest BCUT2D eigenvalue weighted by atomic mass is 9.85. The van der Waals surface area contributed by atoms with Gasteiger partial charge in [0.05, 0.1) is 11.0 Å². The molecule has 1 aromatic heterocycles. The van der Waals surface area contributed by atoms with Gasteiger partial charge in [0.25, 0.3) is 0 Å². The fourth-order valence-corrected chi connectivity index (χ4v) is 5.51. The lowest BCUT2D eigenvalue weighted by Gasteiger charge is -2.18. The second kappa shape index (κ2) is 7.81. The highest BCUT2D eigenvalue weighted by Crippen LogP contribution is 2.47. The third kappa shape index (κ3) is 2.98. The summed E-state index contributed by atoms with van der Waals surface area (Å²) in [6.45, 7) is 0. The van der Waals surface area contributed by atoms with Gasteiger partial charge in [-0.25, -0.2) is 0 Å². The van der Waals surface area contributed by atoms with Crippen molar-refractivity contribution in [1.29, 1.82) is 0 Å². The normalized spacial score (nSPS) is 14.8. The van der Waals surface area contributed by atoms with Crippen molar-refractivity contribution in [3.63, 3.8) is 0 Å². The first-order valence-corrected chi connectivity index (χ1v) is 12.0. The van der Waals surface area contributed by atoms with E-state index in [9.17, 15) is 2.74 Å². The van der Waals surface area contributed by atoms with Crippen LogP contribution in [0.15, 0.2) is 138 Å². The van der Waals surface area contributed by atoms with Gasteiger partial charge in [0, 0.05) is 10.8 Å². The largest absolute Gasteiger partial charge is 0.456 e. The van der Waals surface area contributed by atoms with Gasteiger partial charge < -0.3 is 4.42 Å². The summed E-state index contributed by atoms with van der Waals surface area (Å²) in [5.41, 5.74) is 2.94. The van der Waals surface area contributed by atoms with E-state index in [1.54, 1.807) is 30.3 Å². The van der Waals surface area contributed by atoms with Crippen LogP contribution in [-0.4, -0.2) is 0 Å². The first-order valence-electron chi connectivity index (χ1n) is 16.0. The van der Waals surface area contributed by atoms with E-state index in [1.165, 1.54) is 0 Å². The highest BCUT2D eigenvalue weighted by atomic mass is 16.3. The molecule has 1 heteroatoms. The quantitative estimate of drug-likeness (QED) is 0.225. The molecule has 0 aliphatic rings. The summed E-state index contributed by atoms with van der Waals surface area (Å²) >= 11 is 0. The maximum Gasteiger partial charge on any atom is 0.136 e. The summed E-state index contributed by atoms with van der Waals surface area (Å²) < 4.78 is 77.6. The molecule has 0 fully saturated rings. The van der Waals surface area contributed by atoms with Crippen molar-refractivity contribution >= 4 is 54.3 Å². The van der Waals surface area contributed by atoms with Crippen molar-refractivity contribution in [2.75, 3.05) is 0 Å². The minimum absolute atomic E-state index is 0.181. The molecule has 7 aromatic carbocycles. The Morgan fingerprint density at radius 1 is 0.486 bits per heavy atom. The van der Waals surface area contributed by atoms with E-state index in [1.807, 2.05) is 54.6 Å². The Bertz CT molecular complexity index is 2490. The summed E-state index contributed by atoms with van der Waals surface area (Å²) in [7, 11) is 0. The Morgan fingerprint density at radius 3 is 1.76 bits per heavy atom. The fraction of sp³-hybridized carbons (Fsp3) is 0. The zero-order valence-electron chi connectivity index (χ0n) is 27.5. The highest BCUT2D eigenvalue weighted by molar-refractivity contribution is 6.26. The van der Waals surface area contributed by atoms with Crippen molar-refractivity contribution in [1.82, 2.24) is 0 Å². The molecular formula is C36H22O. The monoisotopic (exact) mass is 478 g/mol. The zero-order chi connectivity index (χ0) is 31.3. The molecule has 0 saturated carbocycles. The molecule has 8 rings (SSSR count). The van der Waals surface area contributed by atoms with Crippen molar-refractivity contribution in [3.05, 3.63) is 133 Å². The van der Waals surface area contributed by atoms with Crippen molar-refractivity contribution in [2.24, 2.45) is 0 Å². The minimum atomic E-state index is -0.428. The predicted molar refractivity (Wildman–Crippen MR) is 157 cm³/mol. The second-order valence-corrected chi connectivity index (χ2v) is 9.09. The van der Waals surface area contributed by atoms with Crippen LogP contribution >= 0.6 is 0 Å². The van der Waals surface area contributed by atoms with Crippen LogP contribution in [0.4, 0.5) is 0 Å². The second-order valence-electron chi connectivity index (χ2n) is 9.09. The smallest absolute Gasteiger partial charge is 0.136 e. The van der Waals surface area contributed by atoms with Crippen molar-refractivity contribution in [3.8, 4) is 22.3 Å².